The Hall–Kier alpha value is -0.600. The van der Waals surface area contributed by atoms with Gasteiger partial charge in [-0.15, -0.1) is 0 Å². The molecule has 1 unspecified atom stereocenters. The van der Waals surface area contributed by atoms with E-state index in [4.69, 9.17) is 11.6 Å². The highest BCUT2D eigenvalue weighted by molar-refractivity contribution is 6.31. The van der Waals surface area contributed by atoms with Gasteiger partial charge in [-0.05, 0) is 55.3 Å². The molecule has 20 heavy (non-hydrogen) atoms. The standard InChI is InChI=1S/C17H25ClFN/c1-4-9-20-16(17(3)7-5-6-8-17)13-10-12(2)15(19)11-14(13)18/h10-11,16,20H,4-9H2,1-3H3. The van der Waals surface area contributed by atoms with E-state index in [0.717, 1.165) is 18.5 Å². The van der Waals surface area contributed by atoms with Crippen molar-refractivity contribution < 1.29 is 4.39 Å². The fourth-order valence-electron chi connectivity index (χ4n) is 3.39. The van der Waals surface area contributed by atoms with E-state index < -0.39 is 0 Å². The molecule has 1 aromatic rings. The second-order valence-electron chi connectivity index (χ2n) is 6.37. The highest BCUT2D eigenvalue weighted by Gasteiger charge is 2.38. The van der Waals surface area contributed by atoms with E-state index in [1.807, 2.05) is 13.0 Å². The first-order chi connectivity index (χ1) is 9.48. The molecule has 0 heterocycles. The van der Waals surface area contributed by atoms with Crippen LogP contribution in [0.5, 0.6) is 0 Å². The molecular weight excluding hydrogens is 273 g/mol. The molecule has 0 spiro atoms. The second-order valence-corrected chi connectivity index (χ2v) is 6.78. The molecule has 1 atom stereocenters. The lowest BCUT2D eigenvalue weighted by Crippen LogP contribution is -2.35. The summed E-state index contributed by atoms with van der Waals surface area (Å²) in [6.07, 6.45) is 6.06. The molecular formula is C17H25ClFN. The van der Waals surface area contributed by atoms with Crippen LogP contribution in [0.1, 0.15) is 63.1 Å². The van der Waals surface area contributed by atoms with Gasteiger partial charge in [0.15, 0.2) is 0 Å². The predicted molar refractivity (Wildman–Crippen MR) is 83.8 cm³/mol. The van der Waals surface area contributed by atoms with Crippen LogP contribution in [0, 0.1) is 18.2 Å². The average molecular weight is 298 g/mol. The second kappa shape index (κ2) is 6.44. The summed E-state index contributed by atoms with van der Waals surface area (Å²) in [5.74, 6) is -0.218. The van der Waals surface area contributed by atoms with Crippen LogP contribution in [0.25, 0.3) is 0 Å². The van der Waals surface area contributed by atoms with E-state index in [1.165, 1.54) is 31.7 Å². The lowest BCUT2D eigenvalue weighted by atomic mass is 9.77. The van der Waals surface area contributed by atoms with Gasteiger partial charge < -0.3 is 5.32 Å². The molecule has 3 heteroatoms. The molecule has 0 aliphatic heterocycles. The van der Waals surface area contributed by atoms with Crippen LogP contribution < -0.4 is 5.32 Å². The monoisotopic (exact) mass is 297 g/mol. The molecule has 1 aliphatic carbocycles. The van der Waals surface area contributed by atoms with Crippen molar-refractivity contribution in [2.75, 3.05) is 6.54 Å². The van der Waals surface area contributed by atoms with Crippen molar-refractivity contribution in [2.45, 2.75) is 58.9 Å². The summed E-state index contributed by atoms with van der Waals surface area (Å²) in [5, 5.41) is 4.20. The number of hydrogen-bond acceptors (Lipinski definition) is 1. The Morgan fingerprint density at radius 3 is 2.60 bits per heavy atom. The van der Waals surface area contributed by atoms with Gasteiger partial charge in [0.05, 0.1) is 0 Å². The molecule has 0 bridgehead atoms. The van der Waals surface area contributed by atoms with E-state index in [2.05, 4.69) is 19.2 Å². The first kappa shape index (κ1) is 15.8. The van der Waals surface area contributed by atoms with Gasteiger partial charge in [0, 0.05) is 11.1 Å². The predicted octanol–water partition coefficient (Wildman–Crippen LogP) is 5.41. The lowest BCUT2D eigenvalue weighted by Gasteiger charge is -2.36. The summed E-state index contributed by atoms with van der Waals surface area (Å²) in [4.78, 5) is 0. The quantitative estimate of drug-likeness (QED) is 0.766. The topological polar surface area (TPSA) is 12.0 Å². The number of benzene rings is 1. The summed E-state index contributed by atoms with van der Waals surface area (Å²) in [6, 6.07) is 3.61. The van der Waals surface area contributed by atoms with Crippen LogP contribution >= 0.6 is 11.6 Å². The Morgan fingerprint density at radius 2 is 2.00 bits per heavy atom. The van der Waals surface area contributed by atoms with E-state index in [9.17, 15) is 4.39 Å². The third kappa shape index (κ3) is 3.17. The number of halogens is 2. The molecule has 2 rings (SSSR count). The molecule has 0 radical (unpaired) electrons. The van der Waals surface area contributed by atoms with Crippen LogP contribution in [0.2, 0.25) is 5.02 Å². The van der Waals surface area contributed by atoms with Crippen molar-refractivity contribution in [3.63, 3.8) is 0 Å². The number of hydrogen-bond donors (Lipinski definition) is 1. The van der Waals surface area contributed by atoms with Gasteiger partial charge in [0.25, 0.3) is 0 Å². The van der Waals surface area contributed by atoms with Crippen molar-refractivity contribution in [3.05, 3.63) is 34.1 Å². The Kier molecular flexibility index (Phi) is 5.09. The van der Waals surface area contributed by atoms with Crippen molar-refractivity contribution in [1.82, 2.24) is 5.32 Å². The van der Waals surface area contributed by atoms with Crippen LogP contribution in [0.15, 0.2) is 12.1 Å². The molecule has 1 aliphatic rings. The van der Waals surface area contributed by atoms with E-state index in [1.54, 1.807) is 0 Å². The molecule has 1 saturated carbocycles. The van der Waals surface area contributed by atoms with Crippen molar-refractivity contribution in [2.24, 2.45) is 5.41 Å². The van der Waals surface area contributed by atoms with Gasteiger partial charge in [-0.2, -0.15) is 0 Å². The molecule has 0 amide bonds. The van der Waals surface area contributed by atoms with Gasteiger partial charge in [-0.3, -0.25) is 0 Å². The first-order valence-electron chi connectivity index (χ1n) is 7.67. The average Bonchev–Trinajstić information content (AvgIpc) is 2.83. The van der Waals surface area contributed by atoms with Crippen LogP contribution in [-0.4, -0.2) is 6.54 Å². The van der Waals surface area contributed by atoms with Gasteiger partial charge in [-0.1, -0.05) is 44.4 Å². The smallest absolute Gasteiger partial charge is 0.127 e. The number of rotatable bonds is 5. The fraction of sp³-hybridized carbons (Fsp3) is 0.647. The molecule has 1 aromatic carbocycles. The highest BCUT2D eigenvalue weighted by atomic mass is 35.5. The summed E-state index contributed by atoms with van der Waals surface area (Å²) in [7, 11) is 0. The van der Waals surface area contributed by atoms with Crippen LogP contribution in [0.4, 0.5) is 4.39 Å². The first-order valence-corrected chi connectivity index (χ1v) is 8.04. The lowest BCUT2D eigenvalue weighted by molar-refractivity contribution is 0.223. The summed E-state index contributed by atoms with van der Waals surface area (Å²) in [6.45, 7) is 7.27. The van der Waals surface area contributed by atoms with Gasteiger partial charge in [0.2, 0.25) is 0 Å². The SMILES string of the molecule is CCCNC(c1cc(C)c(F)cc1Cl)C1(C)CCCC1. The third-order valence-corrected chi connectivity index (χ3v) is 4.96. The van der Waals surface area contributed by atoms with Gasteiger partial charge in [-0.25, -0.2) is 4.39 Å². The fourth-order valence-corrected chi connectivity index (χ4v) is 3.65. The van der Waals surface area contributed by atoms with Gasteiger partial charge in [0.1, 0.15) is 5.82 Å². The molecule has 1 nitrogen and oxygen atoms in total. The zero-order valence-electron chi connectivity index (χ0n) is 12.7. The van der Waals surface area contributed by atoms with E-state index in [0.29, 0.717) is 10.6 Å². The Morgan fingerprint density at radius 1 is 1.35 bits per heavy atom. The third-order valence-electron chi connectivity index (χ3n) is 4.63. The van der Waals surface area contributed by atoms with E-state index in [-0.39, 0.29) is 17.3 Å². The zero-order chi connectivity index (χ0) is 14.8. The maximum Gasteiger partial charge on any atom is 0.127 e. The Balaban J connectivity index is 2.38. The molecule has 1 fully saturated rings. The summed E-state index contributed by atoms with van der Waals surface area (Å²) < 4.78 is 13.6. The summed E-state index contributed by atoms with van der Waals surface area (Å²) >= 11 is 6.34. The van der Waals surface area contributed by atoms with E-state index >= 15 is 0 Å². The highest BCUT2D eigenvalue weighted by Crippen LogP contribution is 2.48. The molecule has 112 valence electrons. The Bertz CT molecular complexity index is 466. The van der Waals surface area contributed by atoms with Crippen molar-refractivity contribution >= 4 is 11.6 Å². The Labute approximate surface area is 126 Å². The minimum Gasteiger partial charge on any atom is -0.309 e. The number of nitrogens with one attached hydrogen (secondary N) is 1. The van der Waals surface area contributed by atoms with Crippen LogP contribution in [-0.2, 0) is 0 Å². The maximum absolute atomic E-state index is 13.6. The molecule has 1 N–H and O–H groups in total. The minimum atomic E-state index is -0.218. The van der Waals surface area contributed by atoms with Crippen LogP contribution in [0.3, 0.4) is 0 Å². The molecule has 0 saturated heterocycles. The van der Waals surface area contributed by atoms with Gasteiger partial charge >= 0.3 is 0 Å². The normalized spacial score (nSPS) is 19.2. The van der Waals surface area contributed by atoms with Crippen molar-refractivity contribution in [3.8, 4) is 0 Å². The summed E-state index contributed by atoms with van der Waals surface area (Å²) in [5.41, 5.74) is 1.96. The van der Waals surface area contributed by atoms with Crippen molar-refractivity contribution in [1.29, 1.82) is 0 Å². The zero-order valence-corrected chi connectivity index (χ0v) is 13.5. The number of aryl methyl sites for hydroxylation is 1. The largest absolute Gasteiger partial charge is 0.309 e. The minimum absolute atomic E-state index is 0.218. The maximum atomic E-state index is 13.6. The molecule has 0 aromatic heterocycles.